The number of ether oxygens (including phenoxy) is 1. The lowest BCUT2D eigenvalue weighted by Crippen LogP contribution is -2.06. The minimum atomic E-state index is -0.128. The number of nitrogens with two attached hydrogens (primary N) is 1. The number of aromatic nitrogens is 3. The molecule has 0 aliphatic heterocycles. The average Bonchev–Trinajstić information content (AvgIpc) is 2.37. The molecule has 0 amide bonds. The molecule has 1 aromatic rings. The van der Waals surface area contributed by atoms with Crippen molar-refractivity contribution < 1.29 is 4.74 Å². The second-order valence-electron chi connectivity index (χ2n) is 2.36. The standard InChI is InChI=1S/C6H12N4O/c1-4(7)6-8-5(3-11-2)9-10-6/h4H,3,7H2,1-2H3,(H,8,9,10)/t4-/m1/s1. The van der Waals surface area contributed by atoms with Gasteiger partial charge in [0, 0.05) is 7.11 Å². The summed E-state index contributed by atoms with van der Waals surface area (Å²) < 4.78 is 4.85. The number of rotatable bonds is 3. The van der Waals surface area contributed by atoms with Crippen LogP contribution in [0.25, 0.3) is 0 Å². The Bertz CT molecular complexity index is 220. The fourth-order valence-electron chi connectivity index (χ4n) is 0.715. The predicted molar refractivity (Wildman–Crippen MR) is 39.7 cm³/mol. The smallest absolute Gasteiger partial charge is 0.167 e. The molecule has 1 rings (SSSR count). The van der Waals surface area contributed by atoms with Crippen LogP contribution in [-0.4, -0.2) is 22.3 Å². The fraction of sp³-hybridized carbons (Fsp3) is 0.667. The normalized spacial score (nSPS) is 13.4. The van der Waals surface area contributed by atoms with E-state index in [1.54, 1.807) is 7.11 Å². The summed E-state index contributed by atoms with van der Waals surface area (Å²) >= 11 is 0. The van der Waals surface area contributed by atoms with Gasteiger partial charge in [0.05, 0.1) is 6.04 Å². The summed E-state index contributed by atoms with van der Waals surface area (Å²) in [7, 11) is 1.61. The van der Waals surface area contributed by atoms with Crippen LogP contribution in [0.4, 0.5) is 0 Å². The van der Waals surface area contributed by atoms with Crippen molar-refractivity contribution in [3.63, 3.8) is 0 Å². The van der Waals surface area contributed by atoms with Crippen LogP contribution < -0.4 is 5.73 Å². The maximum atomic E-state index is 5.54. The van der Waals surface area contributed by atoms with E-state index in [1.165, 1.54) is 0 Å². The van der Waals surface area contributed by atoms with Gasteiger partial charge in [-0.3, -0.25) is 5.10 Å². The molecule has 1 aromatic heterocycles. The van der Waals surface area contributed by atoms with E-state index in [4.69, 9.17) is 10.5 Å². The molecule has 0 radical (unpaired) electrons. The van der Waals surface area contributed by atoms with Crippen LogP contribution in [0.2, 0.25) is 0 Å². The Kier molecular flexibility index (Phi) is 2.56. The maximum absolute atomic E-state index is 5.54. The highest BCUT2D eigenvalue weighted by Crippen LogP contribution is 2.01. The van der Waals surface area contributed by atoms with Crippen molar-refractivity contribution in [1.29, 1.82) is 0 Å². The van der Waals surface area contributed by atoms with Gasteiger partial charge in [0.2, 0.25) is 0 Å². The summed E-state index contributed by atoms with van der Waals surface area (Å²) in [5.74, 6) is 1.33. The van der Waals surface area contributed by atoms with Gasteiger partial charge in [-0.25, -0.2) is 4.98 Å². The predicted octanol–water partition coefficient (Wildman–Crippen LogP) is -0.0292. The molecule has 0 unspecified atom stereocenters. The van der Waals surface area contributed by atoms with Gasteiger partial charge in [0.1, 0.15) is 6.61 Å². The molecule has 0 aliphatic carbocycles. The Morgan fingerprint density at radius 2 is 2.45 bits per heavy atom. The molecular weight excluding hydrogens is 144 g/mol. The number of nitrogens with one attached hydrogen (secondary N) is 1. The molecule has 0 saturated carbocycles. The second kappa shape index (κ2) is 3.45. The summed E-state index contributed by atoms with van der Waals surface area (Å²) in [6.45, 7) is 2.28. The van der Waals surface area contributed by atoms with Gasteiger partial charge < -0.3 is 10.5 Å². The van der Waals surface area contributed by atoms with Gasteiger partial charge >= 0.3 is 0 Å². The minimum Gasteiger partial charge on any atom is -0.377 e. The number of nitrogens with zero attached hydrogens (tertiary/aromatic N) is 2. The fourth-order valence-corrected chi connectivity index (χ4v) is 0.715. The summed E-state index contributed by atoms with van der Waals surface area (Å²) in [4.78, 5) is 4.08. The average molecular weight is 156 g/mol. The molecule has 3 N–H and O–H groups in total. The van der Waals surface area contributed by atoms with Crippen molar-refractivity contribution in [1.82, 2.24) is 15.2 Å². The minimum absolute atomic E-state index is 0.128. The van der Waals surface area contributed by atoms with Gasteiger partial charge in [0.15, 0.2) is 11.6 Å². The third-order valence-electron chi connectivity index (χ3n) is 1.24. The van der Waals surface area contributed by atoms with E-state index in [0.29, 0.717) is 18.3 Å². The van der Waals surface area contributed by atoms with E-state index in [2.05, 4.69) is 15.2 Å². The van der Waals surface area contributed by atoms with Crippen molar-refractivity contribution in [3.05, 3.63) is 11.6 Å². The van der Waals surface area contributed by atoms with Crippen LogP contribution in [-0.2, 0) is 11.3 Å². The Morgan fingerprint density at radius 3 is 2.91 bits per heavy atom. The lowest BCUT2D eigenvalue weighted by Gasteiger charge is -1.94. The first kappa shape index (κ1) is 8.16. The van der Waals surface area contributed by atoms with Crippen molar-refractivity contribution in [2.45, 2.75) is 19.6 Å². The van der Waals surface area contributed by atoms with Crippen LogP contribution in [0.5, 0.6) is 0 Å². The second-order valence-corrected chi connectivity index (χ2v) is 2.36. The Hall–Kier alpha value is -0.940. The molecular formula is C6H12N4O. The SMILES string of the molecule is COCc1nc([C@@H](C)N)n[nH]1. The molecule has 0 aromatic carbocycles. The quantitative estimate of drug-likeness (QED) is 0.644. The van der Waals surface area contributed by atoms with E-state index in [0.717, 1.165) is 0 Å². The zero-order chi connectivity index (χ0) is 8.27. The van der Waals surface area contributed by atoms with Gasteiger partial charge in [-0.15, -0.1) is 0 Å². The number of methoxy groups -OCH3 is 1. The highest BCUT2D eigenvalue weighted by atomic mass is 16.5. The molecule has 0 saturated heterocycles. The molecule has 0 aliphatic rings. The third-order valence-corrected chi connectivity index (χ3v) is 1.24. The highest BCUT2D eigenvalue weighted by Gasteiger charge is 2.05. The van der Waals surface area contributed by atoms with Gasteiger partial charge in [-0.1, -0.05) is 0 Å². The van der Waals surface area contributed by atoms with Gasteiger partial charge in [0.25, 0.3) is 0 Å². The van der Waals surface area contributed by atoms with Crippen LogP contribution in [0.15, 0.2) is 0 Å². The number of aromatic amines is 1. The number of H-pyrrole nitrogens is 1. The first-order valence-electron chi connectivity index (χ1n) is 3.39. The summed E-state index contributed by atoms with van der Waals surface area (Å²) in [6, 6.07) is -0.128. The topological polar surface area (TPSA) is 76.8 Å². The highest BCUT2D eigenvalue weighted by molar-refractivity contribution is 4.92. The Labute approximate surface area is 65.0 Å². The first-order valence-corrected chi connectivity index (χ1v) is 3.39. The molecule has 1 heterocycles. The van der Waals surface area contributed by atoms with Crippen LogP contribution in [0, 0.1) is 0 Å². The van der Waals surface area contributed by atoms with Crippen LogP contribution in [0.3, 0.4) is 0 Å². The lowest BCUT2D eigenvalue weighted by atomic mass is 10.3. The summed E-state index contributed by atoms with van der Waals surface area (Å²) in [5, 5.41) is 6.62. The monoisotopic (exact) mass is 156 g/mol. The van der Waals surface area contributed by atoms with E-state index in [-0.39, 0.29) is 6.04 Å². The molecule has 0 spiro atoms. The third kappa shape index (κ3) is 1.99. The molecule has 0 fully saturated rings. The van der Waals surface area contributed by atoms with E-state index < -0.39 is 0 Å². The Morgan fingerprint density at radius 1 is 1.73 bits per heavy atom. The van der Waals surface area contributed by atoms with E-state index in [9.17, 15) is 0 Å². The summed E-state index contributed by atoms with van der Waals surface area (Å²) in [6.07, 6.45) is 0. The zero-order valence-corrected chi connectivity index (χ0v) is 6.66. The molecule has 11 heavy (non-hydrogen) atoms. The maximum Gasteiger partial charge on any atom is 0.167 e. The number of hydrogen-bond donors (Lipinski definition) is 2. The van der Waals surface area contributed by atoms with Crippen molar-refractivity contribution in [3.8, 4) is 0 Å². The van der Waals surface area contributed by atoms with Crippen molar-refractivity contribution in [2.75, 3.05) is 7.11 Å². The van der Waals surface area contributed by atoms with Gasteiger partial charge in [-0.2, -0.15) is 5.10 Å². The number of hydrogen-bond acceptors (Lipinski definition) is 4. The molecule has 0 bridgehead atoms. The van der Waals surface area contributed by atoms with Crippen LogP contribution in [0.1, 0.15) is 24.6 Å². The van der Waals surface area contributed by atoms with Crippen molar-refractivity contribution in [2.24, 2.45) is 5.73 Å². The first-order chi connectivity index (χ1) is 5.24. The largest absolute Gasteiger partial charge is 0.377 e. The molecule has 5 nitrogen and oxygen atoms in total. The Balaban J connectivity index is 2.66. The molecule has 1 atom stereocenters. The van der Waals surface area contributed by atoms with E-state index in [1.807, 2.05) is 6.92 Å². The van der Waals surface area contributed by atoms with Crippen molar-refractivity contribution >= 4 is 0 Å². The lowest BCUT2D eigenvalue weighted by molar-refractivity contribution is 0.178. The van der Waals surface area contributed by atoms with Crippen LogP contribution >= 0.6 is 0 Å². The molecule has 5 heteroatoms. The van der Waals surface area contributed by atoms with Gasteiger partial charge in [-0.05, 0) is 6.92 Å². The van der Waals surface area contributed by atoms with E-state index >= 15 is 0 Å². The zero-order valence-electron chi connectivity index (χ0n) is 6.66. The summed E-state index contributed by atoms with van der Waals surface area (Å²) in [5.41, 5.74) is 5.54. The molecule has 62 valence electrons.